The fourth-order valence-electron chi connectivity index (χ4n) is 3.01. The van der Waals surface area contributed by atoms with Crippen LogP contribution in [0, 0.1) is 12.8 Å². The first-order valence-electron chi connectivity index (χ1n) is 7.66. The second kappa shape index (κ2) is 6.26. The van der Waals surface area contributed by atoms with Crippen molar-refractivity contribution in [1.29, 1.82) is 0 Å². The van der Waals surface area contributed by atoms with Gasteiger partial charge >= 0.3 is 6.18 Å². The van der Waals surface area contributed by atoms with Crippen molar-refractivity contribution in [1.82, 2.24) is 20.3 Å². The predicted molar refractivity (Wildman–Crippen MR) is 79.9 cm³/mol. The van der Waals surface area contributed by atoms with E-state index < -0.39 is 11.7 Å². The number of nitrogens with zero attached hydrogens (tertiary/aromatic N) is 2. The van der Waals surface area contributed by atoms with Crippen LogP contribution >= 0.6 is 0 Å². The number of imidazole rings is 1. The smallest absolute Gasteiger partial charge is 0.352 e. The van der Waals surface area contributed by atoms with Crippen LogP contribution in [-0.2, 0) is 30.4 Å². The van der Waals surface area contributed by atoms with Crippen molar-refractivity contribution in [2.24, 2.45) is 5.92 Å². The number of carbonyl (C=O) groups excluding carboxylic acids is 1. The molecule has 3 rings (SSSR count). The molecule has 0 aromatic carbocycles. The number of aryl methyl sites for hydroxylation is 2. The van der Waals surface area contributed by atoms with Gasteiger partial charge in [-0.15, -0.1) is 0 Å². The number of hydrogen-bond donors (Lipinski definition) is 2. The third-order valence-corrected chi connectivity index (χ3v) is 4.20. The van der Waals surface area contributed by atoms with Crippen LogP contribution in [0.15, 0.2) is 18.5 Å². The van der Waals surface area contributed by atoms with E-state index >= 15 is 0 Å². The maximum absolute atomic E-state index is 12.9. The largest absolute Gasteiger partial charge is 0.418 e. The summed E-state index contributed by atoms with van der Waals surface area (Å²) in [6, 6.07) is 1.28. The van der Waals surface area contributed by atoms with E-state index in [0.29, 0.717) is 19.3 Å². The van der Waals surface area contributed by atoms with Gasteiger partial charge in [-0.1, -0.05) is 0 Å². The van der Waals surface area contributed by atoms with Gasteiger partial charge in [-0.2, -0.15) is 13.2 Å². The van der Waals surface area contributed by atoms with Crippen LogP contribution in [0.2, 0.25) is 0 Å². The van der Waals surface area contributed by atoms with Crippen molar-refractivity contribution in [2.75, 3.05) is 0 Å². The van der Waals surface area contributed by atoms with E-state index in [4.69, 9.17) is 0 Å². The average molecular weight is 338 g/mol. The van der Waals surface area contributed by atoms with Gasteiger partial charge < -0.3 is 10.3 Å². The first kappa shape index (κ1) is 16.5. The summed E-state index contributed by atoms with van der Waals surface area (Å²) in [6.45, 7) is 1.69. The summed E-state index contributed by atoms with van der Waals surface area (Å²) >= 11 is 0. The van der Waals surface area contributed by atoms with Crippen molar-refractivity contribution >= 4 is 5.91 Å². The Labute approximate surface area is 136 Å². The number of aromatic nitrogens is 3. The second-order valence-electron chi connectivity index (χ2n) is 5.94. The first-order valence-corrected chi connectivity index (χ1v) is 7.66. The summed E-state index contributed by atoms with van der Waals surface area (Å²) in [6.07, 6.45) is -0.544. The van der Waals surface area contributed by atoms with E-state index in [9.17, 15) is 18.0 Å². The van der Waals surface area contributed by atoms with Gasteiger partial charge in [0, 0.05) is 37.0 Å². The minimum absolute atomic E-state index is 0.0136. The Morgan fingerprint density at radius 2 is 2.25 bits per heavy atom. The Balaban J connectivity index is 1.65. The van der Waals surface area contributed by atoms with Crippen LogP contribution in [0.5, 0.6) is 0 Å². The van der Waals surface area contributed by atoms with Crippen LogP contribution in [0.4, 0.5) is 13.2 Å². The molecule has 1 aliphatic rings. The lowest BCUT2D eigenvalue weighted by Crippen LogP contribution is -2.34. The maximum Gasteiger partial charge on any atom is 0.418 e. The lowest BCUT2D eigenvalue weighted by atomic mass is 9.89. The van der Waals surface area contributed by atoms with Gasteiger partial charge in [0.25, 0.3) is 0 Å². The van der Waals surface area contributed by atoms with Gasteiger partial charge in [0.1, 0.15) is 5.82 Å². The number of carbonyl (C=O) groups is 1. The normalized spacial score (nSPS) is 17.4. The van der Waals surface area contributed by atoms with E-state index in [1.165, 1.54) is 12.3 Å². The van der Waals surface area contributed by atoms with Crippen LogP contribution < -0.4 is 5.32 Å². The highest BCUT2D eigenvalue weighted by molar-refractivity contribution is 5.79. The molecular formula is C16H17F3N4O. The number of pyridine rings is 1. The van der Waals surface area contributed by atoms with Gasteiger partial charge in [0.2, 0.25) is 5.91 Å². The molecule has 0 saturated carbocycles. The highest BCUT2D eigenvalue weighted by Gasteiger charge is 2.34. The average Bonchev–Trinajstić information content (AvgIpc) is 2.91. The highest BCUT2D eigenvalue weighted by atomic mass is 19.4. The minimum Gasteiger partial charge on any atom is -0.352 e. The van der Waals surface area contributed by atoms with Crippen LogP contribution in [0.25, 0.3) is 0 Å². The van der Waals surface area contributed by atoms with Gasteiger partial charge in [0.15, 0.2) is 0 Å². The zero-order chi connectivity index (χ0) is 17.3. The lowest BCUT2D eigenvalue weighted by Gasteiger charge is -2.21. The number of H-pyrrole nitrogens is 1. The molecule has 128 valence electrons. The van der Waals surface area contributed by atoms with Gasteiger partial charge in [-0.25, -0.2) is 4.98 Å². The number of amides is 1. The van der Waals surface area contributed by atoms with Crippen molar-refractivity contribution in [2.45, 2.75) is 38.9 Å². The number of nitrogens with one attached hydrogen (secondary N) is 2. The fourth-order valence-corrected chi connectivity index (χ4v) is 3.01. The molecular weight excluding hydrogens is 321 g/mol. The third kappa shape index (κ3) is 3.42. The molecule has 2 N–H and O–H groups in total. The zero-order valence-corrected chi connectivity index (χ0v) is 13.1. The second-order valence-corrected chi connectivity index (χ2v) is 5.94. The Bertz CT molecular complexity index is 754. The maximum atomic E-state index is 12.9. The monoisotopic (exact) mass is 338 g/mol. The Morgan fingerprint density at radius 1 is 1.46 bits per heavy atom. The van der Waals surface area contributed by atoms with Crippen molar-refractivity contribution in [3.8, 4) is 0 Å². The van der Waals surface area contributed by atoms with Gasteiger partial charge in [-0.05, 0) is 31.4 Å². The first-order chi connectivity index (χ1) is 11.3. The molecule has 0 aliphatic heterocycles. The predicted octanol–water partition coefficient (Wildman–Crippen LogP) is 2.55. The van der Waals surface area contributed by atoms with Gasteiger partial charge in [-0.3, -0.25) is 9.78 Å². The van der Waals surface area contributed by atoms with Crippen molar-refractivity contribution < 1.29 is 18.0 Å². The molecule has 1 atom stereocenters. The number of hydrogen-bond acceptors (Lipinski definition) is 3. The summed E-state index contributed by atoms with van der Waals surface area (Å²) in [7, 11) is 0. The lowest BCUT2D eigenvalue weighted by molar-refractivity contribution is -0.138. The molecule has 2 aromatic rings. The topological polar surface area (TPSA) is 70.7 Å². The Morgan fingerprint density at radius 3 is 3.00 bits per heavy atom. The van der Waals surface area contributed by atoms with Crippen LogP contribution in [0.1, 0.15) is 34.8 Å². The summed E-state index contributed by atoms with van der Waals surface area (Å²) in [4.78, 5) is 23.3. The minimum atomic E-state index is -4.48. The SMILES string of the molecule is Cc1nc2c([nH]1)CC(C(=O)NCc1ccncc1C(F)(F)F)CC2. The molecule has 0 saturated heterocycles. The Kier molecular flexibility index (Phi) is 4.29. The third-order valence-electron chi connectivity index (χ3n) is 4.20. The highest BCUT2D eigenvalue weighted by Crippen LogP contribution is 2.31. The molecule has 0 fully saturated rings. The molecule has 1 unspecified atom stereocenters. The molecule has 5 nitrogen and oxygen atoms in total. The molecule has 0 radical (unpaired) electrons. The molecule has 0 bridgehead atoms. The standard InChI is InChI=1S/C16H17F3N4O/c1-9-22-13-3-2-10(6-14(13)23-9)15(24)21-7-11-4-5-20-8-12(11)16(17,18)19/h4-5,8,10H,2-3,6-7H2,1H3,(H,21,24)(H,22,23). The number of fused-ring (bicyclic) bond motifs is 1. The molecule has 1 aliphatic carbocycles. The number of halogens is 3. The van der Waals surface area contributed by atoms with Crippen LogP contribution in [0.3, 0.4) is 0 Å². The molecule has 2 aromatic heterocycles. The van der Waals surface area contributed by atoms with E-state index in [-0.39, 0.29) is 23.9 Å². The Hall–Kier alpha value is -2.38. The van der Waals surface area contributed by atoms with E-state index in [1.807, 2.05) is 6.92 Å². The number of aromatic amines is 1. The molecule has 0 spiro atoms. The summed E-state index contributed by atoms with van der Waals surface area (Å²) in [5.74, 6) is 0.319. The number of alkyl halides is 3. The van der Waals surface area contributed by atoms with Crippen LogP contribution in [-0.4, -0.2) is 20.9 Å². The summed E-state index contributed by atoms with van der Waals surface area (Å²) < 4.78 is 38.8. The molecule has 2 heterocycles. The molecule has 8 heteroatoms. The molecule has 1 amide bonds. The van der Waals surface area contributed by atoms with E-state index in [0.717, 1.165) is 23.4 Å². The zero-order valence-electron chi connectivity index (χ0n) is 13.1. The summed E-state index contributed by atoms with van der Waals surface area (Å²) in [5.41, 5.74) is 1.11. The van der Waals surface area contributed by atoms with E-state index in [2.05, 4.69) is 20.3 Å². The van der Waals surface area contributed by atoms with E-state index in [1.54, 1.807) is 0 Å². The summed E-state index contributed by atoms with van der Waals surface area (Å²) in [5, 5.41) is 2.62. The van der Waals surface area contributed by atoms with Crippen molar-refractivity contribution in [3.63, 3.8) is 0 Å². The van der Waals surface area contributed by atoms with Crippen molar-refractivity contribution in [3.05, 3.63) is 46.8 Å². The number of rotatable bonds is 3. The fraction of sp³-hybridized carbons (Fsp3) is 0.438. The molecule has 24 heavy (non-hydrogen) atoms. The van der Waals surface area contributed by atoms with Gasteiger partial charge in [0.05, 0.1) is 11.3 Å². The quantitative estimate of drug-likeness (QED) is 0.903.